The summed E-state index contributed by atoms with van der Waals surface area (Å²) in [6, 6.07) is 18.9. The van der Waals surface area contributed by atoms with Gasteiger partial charge in [0.2, 0.25) is 5.95 Å². The molecule has 0 aliphatic carbocycles. The van der Waals surface area contributed by atoms with E-state index in [0.29, 0.717) is 61.3 Å². The van der Waals surface area contributed by atoms with Crippen LogP contribution in [-0.2, 0) is 6.54 Å². The molecule has 216 valence electrons. The molecule has 0 spiro atoms. The summed E-state index contributed by atoms with van der Waals surface area (Å²) in [6.07, 6.45) is 6.02. The Hall–Kier alpha value is -5.65. The van der Waals surface area contributed by atoms with Crippen molar-refractivity contribution in [2.75, 3.05) is 31.5 Å². The molecule has 2 amide bonds. The highest BCUT2D eigenvalue weighted by molar-refractivity contribution is 5.94. The number of carbonyl (C=O) groups is 2. The molecule has 12 heteroatoms. The third-order valence-corrected chi connectivity index (χ3v) is 7.11. The number of carboxylic acid groups (broad SMARTS) is 1. The van der Waals surface area contributed by atoms with Crippen molar-refractivity contribution in [3.05, 3.63) is 108 Å². The number of anilines is 2. The number of carbonyl (C=O) groups excluding carboxylic acids is 1. The number of amides is 2. The number of rotatable bonds is 7. The van der Waals surface area contributed by atoms with Gasteiger partial charge in [-0.25, -0.2) is 19.2 Å². The summed E-state index contributed by atoms with van der Waals surface area (Å²) in [4.78, 5) is 40.4. The summed E-state index contributed by atoms with van der Waals surface area (Å²) in [5.41, 5.74) is 5.07. The van der Waals surface area contributed by atoms with Crippen LogP contribution >= 0.6 is 0 Å². The number of piperazine rings is 1. The fraction of sp³-hybridized carbons (Fsp3) is 0.161. The van der Waals surface area contributed by atoms with E-state index in [2.05, 4.69) is 15.3 Å². The molecule has 4 heterocycles. The molecular formula is C31H27FN8O3. The maximum atomic E-state index is 13.4. The van der Waals surface area contributed by atoms with Gasteiger partial charge < -0.3 is 20.2 Å². The average Bonchev–Trinajstić information content (AvgIpc) is 3.47. The number of benzene rings is 2. The lowest BCUT2D eigenvalue weighted by Crippen LogP contribution is -2.50. The molecule has 1 fully saturated rings. The van der Waals surface area contributed by atoms with Gasteiger partial charge in [0, 0.05) is 73.3 Å². The number of hydrogen-bond acceptors (Lipinski definition) is 7. The quantitative estimate of drug-likeness (QED) is 0.283. The molecule has 0 radical (unpaired) electrons. The summed E-state index contributed by atoms with van der Waals surface area (Å²) < 4.78 is 15.2. The smallest absolute Gasteiger partial charge is 0.407 e. The molecule has 11 nitrogen and oxygen atoms in total. The molecule has 2 N–H and O–H groups in total. The van der Waals surface area contributed by atoms with Crippen molar-refractivity contribution >= 4 is 23.6 Å². The zero-order valence-corrected chi connectivity index (χ0v) is 23.0. The first-order valence-corrected chi connectivity index (χ1v) is 13.6. The Balaban J connectivity index is 1.20. The molecule has 1 aliphatic rings. The Bertz CT molecular complexity index is 1740. The van der Waals surface area contributed by atoms with Gasteiger partial charge in [0.15, 0.2) is 0 Å². The van der Waals surface area contributed by atoms with Crippen LogP contribution in [0.2, 0.25) is 0 Å². The van der Waals surface area contributed by atoms with Crippen molar-refractivity contribution in [3.63, 3.8) is 0 Å². The first-order valence-electron chi connectivity index (χ1n) is 13.6. The average molecular weight is 579 g/mol. The molecule has 0 bridgehead atoms. The van der Waals surface area contributed by atoms with E-state index in [9.17, 15) is 14.0 Å². The summed E-state index contributed by atoms with van der Waals surface area (Å²) in [5, 5.41) is 17.1. The van der Waals surface area contributed by atoms with Gasteiger partial charge in [0.1, 0.15) is 11.5 Å². The van der Waals surface area contributed by atoms with E-state index in [1.54, 1.807) is 70.6 Å². The van der Waals surface area contributed by atoms with Crippen LogP contribution in [0.25, 0.3) is 22.5 Å². The Kier molecular flexibility index (Phi) is 7.72. The van der Waals surface area contributed by atoms with Crippen molar-refractivity contribution in [2.45, 2.75) is 6.54 Å². The highest BCUT2D eigenvalue weighted by Crippen LogP contribution is 2.30. The van der Waals surface area contributed by atoms with Gasteiger partial charge in [-0.15, -0.1) is 0 Å². The number of aromatic nitrogens is 5. The Labute approximate surface area is 246 Å². The third kappa shape index (κ3) is 6.32. The van der Waals surface area contributed by atoms with E-state index >= 15 is 0 Å². The molecular weight excluding hydrogens is 551 g/mol. The van der Waals surface area contributed by atoms with Crippen LogP contribution in [0.4, 0.5) is 20.8 Å². The van der Waals surface area contributed by atoms with Crippen LogP contribution in [0.5, 0.6) is 0 Å². The first-order chi connectivity index (χ1) is 20.9. The topological polar surface area (TPSA) is 129 Å². The summed E-state index contributed by atoms with van der Waals surface area (Å²) in [7, 11) is 0. The largest absolute Gasteiger partial charge is 0.465 e. The van der Waals surface area contributed by atoms with E-state index < -0.39 is 6.09 Å². The number of pyridine rings is 1. The molecule has 6 rings (SSSR count). The minimum absolute atomic E-state index is 0.143. The second kappa shape index (κ2) is 12.1. The number of halogens is 1. The minimum atomic E-state index is -0.971. The predicted octanol–water partition coefficient (Wildman–Crippen LogP) is 4.77. The zero-order chi connectivity index (χ0) is 29.8. The second-order valence-electron chi connectivity index (χ2n) is 9.99. The lowest BCUT2D eigenvalue weighted by atomic mass is 10.1. The summed E-state index contributed by atoms with van der Waals surface area (Å²) in [5.74, 6) is -0.0699. The summed E-state index contributed by atoms with van der Waals surface area (Å²) in [6.45, 7) is 1.74. The molecule has 0 atom stereocenters. The lowest BCUT2D eigenvalue weighted by molar-refractivity contribution is 0.0625. The molecule has 43 heavy (non-hydrogen) atoms. The summed E-state index contributed by atoms with van der Waals surface area (Å²) >= 11 is 0. The van der Waals surface area contributed by atoms with Crippen LogP contribution in [0, 0.1) is 5.82 Å². The SMILES string of the molecule is O=C(O)N1CCN(C(=O)c2ccc(Nc3nccc(-c4cn(Cc5ccc(F)cc5)nc4-c4cccnc4)n3)cc2)CC1. The Morgan fingerprint density at radius 3 is 2.35 bits per heavy atom. The highest BCUT2D eigenvalue weighted by atomic mass is 19.1. The van der Waals surface area contributed by atoms with Crippen LogP contribution in [-0.4, -0.2) is 77.8 Å². The fourth-order valence-electron chi connectivity index (χ4n) is 4.86. The van der Waals surface area contributed by atoms with Crippen molar-refractivity contribution in [3.8, 4) is 22.5 Å². The van der Waals surface area contributed by atoms with Gasteiger partial charge in [-0.1, -0.05) is 12.1 Å². The van der Waals surface area contributed by atoms with Crippen LogP contribution in [0.3, 0.4) is 0 Å². The van der Waals surface area contributed by atoms with Crippen molar-refractivity contribution < 1.29 is 19.1 Å². The van der Waals surface area contributed by atoms with Crippen LogP contribution in [0.15, 0.2) is 91.5 Å². The normalized spacial score (nSPS) is 13.1. The maximum absolute atomic E-state index is 13.4. The van der Waals surface area contributed by atoms with Crippen LogP contribution < -0.4 is 5.32 Å². The molecule has 1 aliphatic heterocycles. The number of hydrogen-bond donors (Lipinski definition) is 2. The van der Waals surface area contributed by atoms with Gasteiger partial charge in [-0.3, -0.25) is 14.5 Å². The van der Waals surface area contributed by atoms with Gasteiger partial charge in [0.25, 0.3) is 5.91 Å². The highest BCUT2D eigenvalue weighted by Gasteiger charge is 2.24. The van der Waals surface area contributed by atoms with E-state index in [4.69, 9.17) is 15.2 Å². The van der Waals surface area contributed by atoms with E-state index in [1.165, 1.54) is 17.0 Å². The molecule has 3 aromatic heterocycles. The molecule has 0 unspecified atom stereocenters. The van der Waals surface area contributed by atoms with Crippen LogP contribution in [0.1, 0.15) is 15.9 Å². The molecule has 2 aromatic carbocycles. The molecule has 0 saturated carbocycles. The number of nitrogens with one attached hydrogen (secondary N) is 1. The monoisotopic (exact) mass is 578 g/mol. The van der Waals surface area contributed by atoms with Crippen molar-refractivity contribution in [1.29, 1.82) is 0 Å². The number of nitrogens with zero attached hydrogens (tertiary/aromatic N) is 7. The zero-order valence-electron chi connectivity index (χ0n) is 23.0. The third-order valence-electron chi connectivity index (χ3n) is 7.11. The Morgan fingerprint density at radius 2 is 1.65 bits per heavy atom. The van der Waals surface area contributed by atoms with Gasteiger partial charge in [0.05, 0.1) is 12.2 Å². The fourth-order valence-corrected chi connectivity index (χ4v) is 4.86. The Morgan fingerprint density at radius 1 is 0.907 bits per heavy atom. The lowest BCUT2D eigenvalue weighted by Gasteiger charge is -2.33. The van der Waals surface area contributed by atoms with E-state index in [-0.39, 0.29) is 11.7 Å². The standard InChI is InChI=1S/C31H27FN8O3/c32-24-7-3-21(4-8-24)19-40-20-26(28(37-40)23-2-1-12-33-18-23)27-11-13-34-30(36-27)35-25-9-5-22(6-10-25)29(41)38-14-16-39(17-15-38)31(42)43/h1-13,18,20H,14-17,19H2,(H,42,43)(H,34,35,36). The van der Waals surface area contributed by atoms with Gasteiger partial charge in [-0.05, 0) is 60.2 Å². The van der Waals surface area contributed by atoms with Crippen molar-refractivity contribution in [2.24, 2.45) is 0 Å². The second-order valence-corrected chi connectivity index (χ2v) is 9.99. The first kappa shape index (κ1) is 27.5. The van der Waals surface area contributed by atoms with Gasteiger partial charge >= 0.3 is 6.09 Å². The maximum Gasteiger partial charge on any atom is 0.407 e. The molecule has 1 saturated heterocycles. The van der Waals surface area contributed by atoms with E-state index in [0.717, 1.165) is 16.7 Å². The minimum Gasteiger partial charge on any atom is -0.465 e. The van der Waals surface area contributed by atoms with Crippen molar-refractivity contribution in [1.82, 2.24) is 34.5 Å². The van der Waals surface area contributed by atoms with E-state index in [1.807, 2.05) is 18.3 Å². The molecule has 5 aromatic rings. The van der Waals surface area contributed by atoms with Gasteiger partial charge in [-0.2, -0.15) is 5.10 Å². The predicted molar refractivity (Wildman–Crippen MR) is 157 cm³/mol.